The maximum absolute atomic E-state index is 8.57. The van der Waals surface area contributed by atoms with Crippen molar-refractivity contribution in [2.75, 3.05) is 6.16 Å². The molecule has 0 aliphatic carbocycles. The molecule has 0 N–H and O–H groups in total. The first kappa shape index (κ1) is 11.6. The van der Waals surface area contributed by atoms with E-state index in [1.165, 1.54) is 17.3 Å². The molecule has 0 saturated carbocycles. The van der Waals surface area contributed by atoms with Crippen molar-refractivity contribution in [1.82, 2.24) is 0 Å². The van der Waals surface area contributed by atoms with E-state index < -0.39 is 0 Å². The van der Waals surface area contributed by atoms with Crippen molar-refractivity contribution in [3.63, 3.8) is 0 Å². The van der Waals surface area contributed by atoms with E-state index in [1.54, 1.807) is 0 Å². The summed E-state index contributed by atoms with van der Waals surface area (Å²) < 4.78 is 0. The molecule has 2 unspecified atom stereocenters. The van der Waals surface area contributed by atoms with Crippen molar-refractivity contribution in [2.24, 2.45) is 0 Å². The van der Waals surface area contributed by atoms with E-state index in [1.807, 2.05) is 6.07 Å². The lowest BCUT2D eigenvalue weighted by molar-refractivity contribution is 0.821. The standard InChI is InChI=1S/C11H14NPS/c12-9-14-11(8-13)7-6-10-4-2-1-3-5-10/h1-5,11H,6-8,13H2. The van der Waals surface area contributed by atoms with E-state index in [4.69, 9.17) is 5.26 Å². The summed E-state index contributed by atoms with van der Waals surface area (Å²) in [7, 11) is 2.71. The minimum absolute atomic E-state index is 0.449. The van der Waals surface area contributed by atoms with E-state index in [2.05, 4.69) is 38.9 Å². The van der Waals surface area contributed by atoms with Crippen LogP contribution in [-0.2, 0) is 6.42 Å². The molecule has 0 heterocycles. The number of nitrogens with zero attached hydrogens (tertiary/aromatic N) is 1. The Bertz CT molecular complexity index is 294. The lowest BCUT2D eigenvalue weighted by Crippen LogP contribution is -2.04. The average Bonchev–Trinajstić information content (AvgIpc) is 2.25. The first-order valence-corrected chi connectivity index (χ1v) is 6.35. The highest BCUT2D eigenvalue weighted by atomic mass is 32.2. The number of hydrogen-bond donors (Lipinski definition) is 0. The van der Waals surface area contributed by atoms with Gasteiger partial charge in [-0.05, 0) is 36.3 Å². The Kier molecular flexibility index (Phi) is 5.68. The highest BCUT2D eigenvalue weighted by Gasteiger charge is 2.06. The van der Waals surface area contributed by atoms with E-state index in [0.717, 1.165) is 19.0 Å². The molecule has 74 valence electrons. The lowest BCUT2D eigenvalue weighted by Gasteiger charge is -2.08. The number of nitriles is 1. The van der Waals surface area contributed by atoms with Crippen LogP contribution in [0.2, 0.25) is 0 Å². The van der Waals surface area contributed by atoms with Gasteiger partial charge in [0.05, 0.1) is 0 Å². The van der Waals surface area contributed by atoms with Crippen LogP contribution in [0.4, 0.5) is 0 Å². The molecule has 0 aliphatic rings. The second kappa shape index (κ2) is 6.87. The van der Waals surface area contributed by atoms with E-state index in [-0.39, 0.29) is 0 Å². The summed E-state index contributed by atoms with van der Waals surface area (Å²) in [6.45, 7) is 0. The van der Waals surface area contributed by atoms with Crippen LogP contribution in [0.25, 0.3) is 0 Å². The van der Waals surface area contributed by atoms with E-state index >= 15 is 0 Å². The smallest absolute Gasteiger partial charge is 0.133 e. The van der Waals surface area contributed by atoms with Gasteiger partial charge < -0.3 is 0 Å². The Morgan fingerprint density at radius 1 is 1.36 bits per heavy atom. The second-order valence-electron chi connectivity index (χ2n) is 3.09. The predicted octanol–water partition coefficient (Wildman–Crippen LogP) is 3.08. The summed E-state index contributed by atoms with van der Waals surface area (Å²) in [4.78, 5) is 0. The molecule has 3 heteroatoms. The van der Waals surface area contributed by atoms with Gasteiger partial charge in [-0.25, -0.2) is 0 Å². The highest BCUT2D eigenvalue weighted by Crippen LogP contribution is 2.18. The molecular formula is C11H14NPS. The molecule has 0 saturated heterocycles. The first-order chi connectivity index (χ1) is 6.86. The van der Waals surface area contributed by atoms with Gasteiger partial charge in [0.25, 0.3) is 0 Å². The zero-order valence-electron chi connectivity index (χ0n) is 8.02. The zero-order valence-corrected chi connectivity index (χ0v) is 9.99. The van der Waals surface area contributed by atoms with Gasteiger partial charge in [-0.15, -0.1) is 9.24 Å². The molecule has 0 fully saturated rings. The average molecular weight is 223 g/mol. The molecule has 1 aromatic rings. The first-order valence-electron chi connectivity index (χ1n) is 4.65. The van der Waals surface area contributed by atoms with E-state index in [9.17, 15) is 0 Å². The van der Waals surface area contributed by atoms with Crippen molar-refractivity contribution >= 4 is 21.0 Å². The minimum atomic E-state index is 0.449. The molecular weight excluding hydrogens is 209 g/mol. The van der Waals surface area contributed by atoms with Crippen LogP contribution in [0.1, 0.15) is 12.0 Å². The third-order valence-electron chi connectivity index (χ3n) is 2.08. The monoisotopic (exact) mass is 223 g/mol. The molecule has 1 aromatic carbocycles. The van der Waals surface area contributed by atoms with Gasteiger partial charge in [0.1, 0.15) is 5.40 Å². The van der Waals surface area contributed by atoms with Crippen molar-refractivity contribution in [2.45, 2.75) is 18.1 Å². The Morgan fingerprint density at radius 3 is 2.64 bits per heavy atom. The van der Waals surface area contributed by atoms with E-state index in [0.29, 0.717) is 5.25 Å². The number of benzene rings is 1. The molecule has 2 atom stereocenters. The van der Waals surface area contributed by atoms with Crippen molar-refractivity contribution in [1.29, 1.82) is 5.26 Å². The number of hydrogen-bond acceptors (Lipinski definition) is 2. The zero-order chi connectivity index (χ0) is 10.2. The molecule has 0 amide bonds. The fraction of sp³-hybridized carbons (Fsp3) is 0.364. The van der Waals surface area contributed by atoms with Crippen molar-refractivity contribution in [3.8, 4) is 5.40 Å². The minimum Gasteiger partial charge on any atom is -0.185 e. The molecule has 0 spiro atoms. The van der Waals surface area contributed by atoms with Gasteiger partial charge >= 0.3 is 0 Å². The fourth-order valence-electron chi connectivity index (χ4n) is 1.27. The molecule has 0 radical (unpaired) electrons. The normalized spacial score (nSPS) is 12.0. The van der Waals surface area contributed by atoms with Crippen molar-refractivity contribution < 1.29 is 0 Å². The van der Waals surface area contributed by atoms with Crippen molar-refractivity contribution in [3.05, 3.63) is 35.9 Å². The number of thiocyanates is 1. The highest BCUT2D eigenvalue weighted by molar-refractivity contribution is 8.04. The summed E-state index contributed by atoms with van der Waals surface area (Å²) in [5.41, 5.74) is 1.36. The number of thioether (sulfide) groups is 1. The van der Waals surface area contributed by atoms with Crippen LogP contribution in [-0.4, -0.2) is 11.4 Å². The maximum atomic E-state index is 8.57. The molecule has 1 nitrogen and oxygen atoms in total. The lowest BCUT2D eigenvalue weighted by atomic mass is 10.1. The van der Waals surface area contributed by atoms with Gasteiger partial charge in [0.15, 0.2) is 0 Å². The summed E-state index contributed by atoms with van der Waals surface area (Å²) in [5.74, 6) is 0. The van der Waals surface area contributed by atoms with Crippen LogP contribution >= 0.6 is 21.0 Å². The SMILES string of the molecule is N#CSC(CP)CCc1ccccc1. The Hall–Kier alpha value is -0.510. The number of rotatable bonds is 5. The van der Waals surface area contributed by atoms with Gasteiger partial charge in [-0.1, -0.05) is 30.3 Å². The molecule has 0 aromatic heterocycles. The van der Waals surface area contributed by atoms with Crippen LogP contribution in [0, 0.1) is 10.7 Å². The summed E-state index contributed by atoms with van der Waals surface area (Å²) in [6.07, 6.45) is 3.13. The molecule has 0 aliphatic heterocycles. The topological polar surface area (TPSA) is 23.8 Å². The maximum Gasteiger partial charge on any atom is 0.133 e. The summed E-state index contributed by atoms with van der Waals surface area (Å²) in [5, 5.41) is 11.2. The summed E-state index contributed by atoms with van der Waals surface area (Å²) >= 11 is 1.38. The quantitative estimate of drug-likeness (QED) is 0.565. The summed E-state index contributed by atoms with van der Waals surface area (Å²) in [6, 6.07) is 10.4. The fourth-order valence-corrected chi connectivity index (χ4v) is 2.28. The third kappa shape index (κ3) is 4.13. The van der Waals surface area contributed by atoms with Gasteiger partial charge in [0.2, 0.25) is 0 Å². The van der Waals surface area contributed by atoms with Gasteiger partial charge in [0, 0.05) is 5.25 Å². The van der Waals surface area contributed by atoms with Gasteiger partial charge in [-0.3, -0.25) is 0 Å². The molecule has 14 heavy (non-hydrogen) atoms. The Labute approximate surface area is 92.1 Å². The molecule has 1 rings (SSSR count). The Morgan fingerprint density at radius 2 is 2.07 bits per heavy atom. The number of aryl methyl sites for hydroxylation is 1. The van der Waals surface area contributed by atoms with Crippen LogP contribution < -0.4 is 0 Å². The largest absolute Gasteiger partial charge is 0.185 e. The predicted molar refractivity (Wildman–Crippen MR) is 66.3 cm³/mol. The Balaban J connectivity index is 2.36. The third-order valence-corrected chi connectivity index (χ3v) is 3.86. The van der Waals surface area contributed by atoms with Gasteiger partial charge in [-0.2, -0.15) is 5.26 Å². The molecule has 0 bridgehead atoms. The van der Waals surface area contributed by atoms with Crippen LogP contribution in [0.5, 0.6) is 0 Å². The second-order valence-corrected chi connectivity index (χ2v) is 4.65. The van der Waals surface area contributed by atoms with Crippen LogP contribution in [0.15, 0.2) is 30.3 Å². The van der Waals surface area contributed by atoms with Crippen LogP contribution in [0.3, 0.4) is 0 Å².